The fourth-order valence-electron chi connectivity index (χ4n) is 11.1. The van der Waals surface area contributed by atoms with E-state index in [1.165, 1.54) is 0 Å². The van der Waals surface area contributed by atoms with Gasteiger partial charge < -0.3 is 46.0 Å². The Labute approximate surface area is 472 Å². The van der Waals surface area contributed by atoms with Gasteiger partial charge in [-0.1, -0.05) is 154 Å². The maximum atomic E-state index is 12.3. The summed E-state index contributed by atoms with van der Waals surface area (Å²) in [6.45, 7) is 6.57. The monoisotopic (exact) mass is 1070 g/mol. The summed E-state index contributed by atoms with van der Waals surface area (Å²) in [5.41, 5.74) is 13.2. The molecule has 0 aromatic heterocycles. The summed E-state index contributed by atoms with van der Waals surface area (Å²) >= 11 is 0. The van der Waals surface area contributed by atoms with Crippen molar-refractivity contribution in [1.82, 2.24) is 0 Å². The van der Waals surface area contributed by atoms with Gasteiger partial charge in [-0.2, -0.15) is 0 Å². The number of aromatic hydroxyl groups is 9. The lowest BCUT2D eigenvalue weighted by atomic mass is 9.69. The number of phenols is 9. The van der Waals surface area contributed by atoms with Crippen molar-refractivity contribution in [2.45, 2.75) is 76.5 Å². The summed E-state index contributed by atoms with van der Waals surface area (Å²) in [4.78, 5) is 0. The minimum absolute atomic E-state index is 0.141. The first-order valence-electron chi connectivity index (χ1n) is 27.2. The van der Waals surface area contributed by atoms with Crippen LogP contribution in [-0.2, 0) is 55.8 Å². The van der Waals surface area contributed by atoms with E-state index in [1.807, 2.05) is 72.8 Å². The highest BCUT2D eigenvalue weighted by Crippen LogP contribution is 2.44. The number of hydrogen-bond acceptors (Lipinski definition) is 9. The zero-order chi connectivity index (χ0) is 57.0. The van der Waals surface area contributed by atoms with Crippen LogP contribution in [0, 0.1) is 0 Å². The predicted molar refractivity (Wildman–Crippen MR) is 319 cm³/mol. The maximum Gasteiger partial charge on any atom is 0.122 e. The van der Waals surface area contributed by atoms with E-state index in [2.05, 4.69) is 81.4 Å². The first-order chi connectivity index (χ1) is 38.8. The van der Waals surface area contributed by atoms with E-state index in [4.69, 9.17) is 0 Å². The van der Waals surface area contributed by atoms with Crippen LogP contribution in [0.5, 0.6) is 51.7 Å². The molecule has 10 rings (SSSR count). The molecular weight excluding hydrogens is 1010 g/mol. The van der Waals surface area contributed by atoms with Crippen molar-refractivity contribution in [2.75, 3.05) is 0 Å². The SMILES string of the molecule is CC(C)(c1ccc(C(C)(Cc2cc(Cc3ccc(O)cc3)c(O)c(Cc3ccc(O)cc3)c2)c2cc(Cc3ccc(O)cc3)c(O)c(Cc3ccc(O)cc3)c2)cc1)c1cc(Cc2ccc(O)cc2)c(O)c(Cc2ccc(O)cc2)c1. The molecule has 1 atom stereocenters. The van der Waals surface area contributed by atoms with Crippen molar-refractivity contribution in [3.05, 3.63) is 301 Å². The third kappa shape index (κ3) is 12.6. The fraction of sp³-hybridized carbons (Fsp3) is 0.167. The van der Waals surface area contributed by atoms with Gasteiger partial charge >= 0.3 is 0 Å². The Morgan fingerprint density at radius 2 is 0.457 bits per heavy atom. The molecule has 9 heteroatoms. The lowest BCUT2D eigenvalue weighted by Gasteiger charge is -2.34. The summed E-state index contributed by atoms with van der Waals surface area (Å²) in [5, 5.41) is 97.3. The van der Waals surface area contributed by atoms with Crippen LogP contribution in [0.3, 0.4) is 0 Å². The predicted octanol–water partition coefficient (Wildman–Crippen LogP) is 14.5. The summed E-state index contributed by atoms with van der Waals surface area (Å²) in [7, 11) is 0. The highest BCUT2D eigenvalue weighted by Gasteiger charge is 2.34. The Bertz CT molecular complexity index is 3610. The van der Waals surface area contributed by atoms with Gasteiger partial charge in [0.05, 0.1) is 0 Å². The van der Waals surface area contributed by atoms with Crippen LogP contribution in [0.1, 0.15) is 115 Å². The van der Waals surface area contributed by atoms with Gasteiger partial charge in [0.2, 0.25) is 0 Å². The summed E-state index contributed by atoms with van der Waals surface area (Å²) in [6.07, 6.45) is 2.82. The second kappa shape index (κ2) is 23.0. The molecule has 0 bridgehead atoms. The molecular formula is C72H66O9. The van der Waals surface area contributed by atoms with Crippen LogP contribution in [0.4, 0.5) is 0 Å². The highest BCUT2D eigenvalue weighted by atomic mass is 16.3. The average Bonchev–Trinajstić information content (AvgIpc) is 3.64. The largest absolute Gasteiger partial charge is 0.508 e. The van der Waals surface area contributed by atoms with E-state index in [1.54, 1.807) is 72.8 Å². The maximum absolute atomic E-state index is 12.3. The zero-order valence-electron chi connectivity index (χ0n) is 45.6. The number of rotatable bonds is 18. The van der Waals surface area contributed by atoms with Crippen molar-refractivity contribution in [1.29, 1.82) is 0 Å². The molecule has 0 aliphatic heterocycles. The van der Waals surface area contributed by atoms with Gasteiger partial charge in [0.25, 0.3) is 0 Å². The summed E-state index contributed by atoms with van der Waals surface area (Å²) in [5.74, 6) is 1.40. The number of hydrogen-bond donors (Lipinski definition) is 9. The van der Waals surface area contributed by atoms with E-state index in [9.17, 15) is 46.0 Å². The molecule has 0 saturated carbocycles. The smallest absolute Gasteiger partial charge is 0.122 e. The Kier molecular flexibility index (Phi) is 15.5. The van der Waals surface area contributed by atoms with E-state index < -0.39 is 10.8 Å². The van der Waals surface area contributed by atoms with Gasteiger partial charge in [-0.05, 0) is 174 Å². The van der Waals surface area contributed by atoms with E-state index in [0.717, 1.165) is 72.3 Å². The number of phenolic OH excluding ortho intramolecular Hbond substituents is 9. The van der Waals surface area contributed by atoms with Crippen LogP contribution < -0.4 is 0 Å². The Hall–Kier alpha value is -9.60. The third-order valence-corrected chi connectivity index (χ3v) is 16.0. The van der Waals surface area contributed by atoms with E-state index >= 15 is 0 Å². The van der Waals surface area contributed by atoms with Crippen molar-refractivity contribution in [2.24, 2.45) is 0 Å². The number of benzene rings is 10. The van der Waals surface area contributed by atoms with Gasteiger partial charge in [-0.15, -0.1) is 0 Å². The Morgan fingerprint density at radius 1 is 0.235 bits per heavy atom. The first kappa shape index (κ1) is 54.7. The minimum Gasteiger partial charge on any atom is -0.508 e. The van der Waals surface area contributed by atoms with Gasteiger partial charge in [0.1, 0.15) is 51.7 Å². The lowest BCUT2D eigenvalue weighted by molar-refractivity contribution is 0.460. The average molecular weight is 1080 g/mol. The van der Waals surface area contributed by atoms with Crippen LogP contribution in [-0.4, -0.2) is 46.0 Å². The molecule has 9 nitrogen and oxygen atoms in total. The quantitative estimate of drug-likeness (QED) is 0.0404. The van der Waals surface area contributed by atoms with E-state index in [0.29, 0.717) is 67.2 Å². The van der Waals surface area contributed by atoms with Crippen LogP contribution >= 0.6 is 0 Å². The Balaban J connectivity index is 1.12. The third-order valence-electron chi connectivity index (χ3n) is 16.0. The molecule has 10 aromatic rings. The first-order valence-corrected chi connectivity index (χ1v) is 27.2. The molecule has 0 fully saturated rings. The highest BCUT2D eigenvalue weighted by molar-refractivity contribution is 5.57. The Morgan fingerprint density at radius 3 is 0.716 bits per heavy atom. The zero-order valence-corrected chi connectivity index (χ0v) is 45.6. The molecule has 1 unspecified atom stereocenters. The molecule has 0 spiro atoms. The van der Waals surface area contributed by atoms with Crippen LogP contribution in [0.2, 0.25) is 0 Å². The molecule has 0 heterocycles. The van der Waals surface area contributed by atoms with Gasteiger partial charge in [0, 0.05) is 49.4 Å². The van der Waals surface area contributed by atoms with Gasteiger partial charge in [-0.3, -0.25) is 0 Å². The molecule has 0 aliphatic rings. The van der Waals surface area contributed by atoms with Crippen molar-refractivity contribution >= 4 is 0 Å². The molecule has 10 aromatic carbocycles. The molecule has 0 amide bonds. The van der Waals surface area contributed by atoms with Crippen molar-refractivity contribution in [3.63, 3.8) is 0 Å². The summed E-state index contributed by atoms with van der Waals surface area (Å²) in [6, 6.07) is 63.0. The molecule has 81 heavy (non-hydrogen) atoms. The van der Waals surface area contributed by atoms with Crippen molar-refractivity contribution in [3.8, 4) is 51.7 Å². The van der Waals surface area contributed by atoms with E-state index in [-0.39, 0.29) is 51.7 Å². The van der Waals surface area contributed by atoms with Crippen LogP contribution in [0.15, 0.2) is 206 Å². The van der Waals surface area contributed by atoms with Crippen molar-refractivity contribution < 1.29 is 46.0 Å². The molecule has 0 saturated heterocycles. The molecule has 0 aliphatic carbocycles. The molecule has 9 N–H and O–H groups in total. The fourth-order valence-corrected chi connectivity index (χ4v) is 11.1. The minimum atomic E-state index is -0.806. The normalized spacial score (nSPS) is 12.3. The van der Waals surface area contributed by atoms with Gasteiger partial charge in [0.15, 0.2) is 0 Å². The summed E-state index contributed by atoms with van der Waals surface area (Å²) < 4.78 is 0. The second-order valence-electron chi connectivity index (χ2n) is 22.3. The molecule has 408 valence electrons. The lowest BCUT2D eigenvalue weighted by Crippen LogP contribution is -2.28. The molecule has 0 radical (unpaired) electrons. The standard InChI is InChI=1S/C72H66O9/c1-71(2,60-40-54(34-47-8-24-64(75)25-9-47)69(80)55(41-60)35-48-10-26-65(76)27-11-48)58-16-18-59(19-17-58)72(3,61-42-56(36-49-12-28-66(77)29-13-49)70(81)57(43-61)37-50-14-30-67(78)31-15-50)44-51-38-52(32-45-4-20-62(73)21-5-45)68(79)53(39-51)33-46-6-22-63(74)23-7-46/h4-31,38-43,73-81H,32-37,44H2,1-3H3. The van der Waals surface area contributed by atoms with Gasteiger partial charge in [-0.25, -0.2) is 0 Å². The van der Waals surface area contributed by atoms with Crippen LogP contribution in [0.25, 0.3) is 0 Å². The topological polar surface area (TPSA) is 182 Å². The second-order valence-corrected chi connectivity index (χ2v) is 22.3.